The number of aromatic nitrogens is 1. The van der Waals surface area contributed by atoms with E-state index in [0.717, 1.165) is 18.4 Å². The van der Waals surface area contributed by atoms with E-state index in [1.165, 1.54) is 0 Å². The molecule has 1 aromatic heterocycles. The van der Waals surface area contributed by atoms with Crippen molar-refractivity contribution in [2.45, 2.75) is 19.4 Å². The molecule has 0 bridgehead atoms. The van der Waals surface area contributed by atoms with Crippen LogP contribution in [0.2, 0.25) is 0 Å². The van der Waals surface area contributed by atoms with Gasteiger partial charge < -0.3 is 19.3 Å². The lowest BCUT2D eigenvalue weighted by molar-refractivity contribution is 0.0974. The number of para-hydroxylation sites is 1. The number of hydrogen-bond donors (Lipinski definition) is 1. The molecule has 0 saturated carbocycles. The van der Waals surface area contributed by atoms with Crippen molar-refractivity contribution in [2.75, 3.05) is 18.6 Å². The second-order valence-electron chi connectivity index (χ2n) is 4.96. The van der Waals surface area contributed by atoms with Crippen molar-refractivity contribution >= 4 is 11.6 Å². The lowest BCUT2D eigenvalue weighted by atomic mass is 10.0. The predicted octanol–water partition coefficient (Wildman–Crippen LogP) is 2.12. The van der Waals surface area contributed by atoms with Gasteiger partial charge in [0.1, 0.15) is 12.4 Å². The summed E-state index contributed by atoms with van der Waals surface area (Å²) in [4.78, 5) is 14.1. The summed E-state index contributed by atoms with van der Waals surface area (Å²) >= 11 is 0. The second-order valence-corrected chi connectivity index (χ2v) is 4.96. The average molecular weight is 288 g/mol. The zero-order valence-corrected chi connectivity index (χ0v) is 11.7. The number of phenols is 1. The normalized spacial score (nSPS) is 14.0. The number of carbonyl (C=O) groups excluding carboxylic acids is 1. The fourth-order valence-corrected chi connectivity index (χ4v) is 2.60. The highest BCUT2D eigenvalue weighted by molar-refractivity contribution is 6.06. The van der Waals surface area contributed by atoms with Crippen molar-refractivity contribution in [3.05, 3.63) is 41.3 Å². The molecule has 21 heavy (non-hydrogen) atoms. The number of aromatic hydroxyl groups is 1. The van der Waals surface area contributed by atoms with Crippen LogP contribution in [0, 0.1) is 0 Å². The maximum atomic E-state index is 12.6. The summed E-state index contributed by atoms with van der Waals surface area (Å²) in [5, 5.41) is 13.8. The van der Waals surface area contributed by atoms with Crippen LogP contribution in [0.4, 0.5) is 5.69 Å². The third-order valence-electron chi connectivity index (χ3n) is 3.51. The van der Waals surface area contributed by atoms with Gasteiger partial charge in [-0.2, -0.15) is 0 Å². The molecule has 0 atom stereocenters. The van der Waals surface area contributed by atoms with Gasteiger partial charge in [-0.15, -0.1) is 0 Å². The number of ether oxygens (including phenoxy) is 1. The van der Waals surface area contributed by atoms with Crippen LogP contribution in [-0.2, 0) is 17.8 Å². The van der Waals surface area contributed by atoms with E-state index in [9.17, 15) is 9.90 Å². The number of aryl methyl sites for hydroxylation is 1. The molecule has 0 unspecified atom stereocenters. The van der Waals surface area contributed by atoms with Crippen molar-refractivity contribution in [1.82, 2.24) is 5.16 Å². The number of anilines is 1. The fraction of sp³-hybridized carbons (Fsp3) is 0.333. The van der Waals surface area contributed by atoms with Crippen LogP contribution in [-0.4, -0.2) is 29.8 Å². The summed E-state index contributed by atoms with van der Waals surface area (Å²) in [6.07, 6.45) is 1.70. The Balaban J connectivity index is 1.92. The summed E-state index contributed by atoms with van der Waals surface area (Å²) < 4.78 is 9.99. The SMILES string of the molecule is COCc1cc(C(=O)N2CCCc3cccc(O)c32)no1. The number of rotatable bonds is 3. The summed E-state index contributed by atoms with van der Waals surface area (Å²) in [6.45, 7) is 0.817. The van der Waals surface area contributed by atoms with E-state index in [-0.39, 0.29) is 24.0 Å². The van der Waals surface area contributed by atoms with E-state index in [4.69, 9.17) is 9.26 Å². The van der Waals surface area contributed by atoms with Gasteiger partial charge in [-0.05, 0) is 24.5 Å². The van der Waals surface area contributed by atoms with Gasteiger partial charge in [0.25, 0.3) is 5.91 Å². The number of nitrogens with zero attached hydrogens (tertiary/aromatic N) is 2. The summed E-state index contributed by atoms with van der Waals surface area (Å²) in [5.74, 6) is 0.333. The largest absolute Gasteiger partial charge is 0.506 e. The van der Waals surface area contributed by atoms with Gasteiger partial charge in [-0.1, -0.05) is 17.3 Å². The second kappa shape index (κ2) is 5.57. The van der Waals surface area contributed by atoms with E-state index >= 15 is 0 Å². The molecule has 0 aliphatic carbocycles. The molecule has 0 saturated heterocycles. The molecular weight excluding hydrogens is 272 g/mol. The lowest BCUT2D eigenvalue weighted by Gasteiger charge is -2.29. The van der Waals surface area contributed by atoms with Gasteiger partial charge >= 0.3 is 0 Å². The Hall–Kier alpha value is -2.34. The highest BCUT2D eigenvalue weighted by atomic mass is 16.5. The van der Waals surface area contributed by atoms with Crippen molar-refractivity contribution in [2.24, 2.45) is 0 Å². The van der Waals surface area contributed by atoms with E-state index in [0.29, 0.717) is 18.0 Å². The Labute approximate surface area is 121 Å². The summed E-state index contributed by atoms with van der Waals surface area (Å²) in [7, 11) is 1.54. The van der Waals surface area contributed by atoms with Crippen molar-refractivity contribution in [3.63, 3.8) is 0 Å². The Kier molecular flexibility index (Phi) is 3.62. The minimum atomic E-state index is -0.274. The van der Waals surface area contributed by atoms with Crippen LogP contribution < -0.4 is 4.90 Å². The Bertz CT molecular complexity index is 665. The molecule has 0 fully saturated rings. The number of carbonyl (C=O) groups is 1. The molecule has 110 valence electrons. The van der Waals surface area contributed by atoms with Gasteiger partial charge in [0.15, 0.2) is 11.5 Å². The van der Waals surface area contributed by atoms with E-state index in [2.05, 4.69) is 5.16 Å². The van der Waals surface area contributed by atoms with Gasteiger partial charge in [-0.25, -0.2) is 0 Å². The van der Waals surface area contributed by atoms with E-state index in [1.54, 1.807) is 30.2 Å². The molecular formula is C15H16N2O4. The van der Waals surface area contributed by atoms with Crippen LogP contribution in [0.5, 0.6) is 5.75 Å². The molecule has 1 aliphatic rings. The molecule has 0 spiro atoms. The molecule has 1 amide bonds. The van der Waals surface area contributed by atoms with Gasteiger partial charge in [0.2, 0.25) is 0 Å². The number of methoxy groups -OCH3 is 1. The van der Waals surface area contributed by atoms with Crippen molar-refractivity contribution in [3.8, 4) is 5.75 Å². The topological polar surface area (TPSA) is 75.8 Å². The Morgan fingerprint density at radius 2 is 2.38 bits per heavy atom. The summed E-state index contributed by atoms with van der Waals surface area (Å²) in [6, 6.07) is 6.87. The molecule has 2 aromatic rings. The molecule has 0 radical (unpaired) electrons. The Morgan fingerprint density at radius 3 is 3.19 bits per heavy atom. The van der Waals surface area contributed by atoms with Crippen LogP contribution in [0.25, 0.3) is 0 Å². The molecule has 2 heterocycles. The third-order valence-corrected chi connectivity index (χ3v) is 3.51. The van der Waals surface area contributed by atoms with Gasteiger partial charge in [0.05, 0.1) is 5.69 Å². The van der Waals surface area contributed by atoms with Crippen LogP contribution in [0.15, 0.2) is 28.8 Å². The van der Waals surface area contributed by atoms with Crippen LogP contribution >= 0.6 is 0 Å². The maximum absolute atomic E-state index is 12.6. The minimum Gasteiger partial charge on any atom is -0.506 e. The maximum Gasteiger partial charge on any atom is 0.280 e. The minimum absolute atomic E-state index is 0.112. The first-order chi connectivity index (χ1) is 10.2. The number of amides is 1. The zero-order chi connectivity index (χ0) is 14.8. The summed E-state index contributed by atoms with van der Waals surface area (Å²) in [5.41, 5.74) is 1.76. The molecule has 1 aromatic carbocycles. The van der Waals surface area contributed by atoms with E-state index < -0.39 is 0 Å². The number of fused-ring (bicyclic) bond motifs is 1. The van der Waals surface area contributed by atoms with Gasteiger partial charge in [-0.3, -0.25) is 4.79 Å². The first-order valence-electron chi connectivity index (χ1n) is 6.78. The molecule has 1 N–H and O–H groups in total. The quantitative estimate of drug-likeness (QED) is 0.936. The lowest BCUT2D eigenvalue weighted by Crippen LogP contribution is -2.35. The average Bonchev–Trinajstić information content (AvgIpc) is 2.95. The number of benzene rings is 1. The highest BCUT2D eigenvalue weighted by Gasteiger charge is 2.28. The predicted molar refractivity (Wildman–Crippen MR) is 75.3 cm³/mol. The fourth-order valence-electron chi connectivity index (χ4n) is 2.60. The zero-order valence-electron chi connectivity index (χ0n) is 11.7. The van der Waals surface area contributed by atoms with Crippen molar-refractivity contribution in [1.29, 1.82) is 0 Å². The molecule has 1 aliphatic heterocycles. The Morgan fingerprint density at radius 1 is 1.52 bits per heavy atom. The first-order valence-corrected chi connectivity index (χ1v) is 6.78. The standard InChI is InChI=1S/C15H16N2O4/c1-20-9-11-8-12(16-21-11)15(19)17-7-3-5-10-4-2-6-13(18)14(10)17/h2,4,6,8,18H,3,5,7,9H2,1H3. The highest BCUT2D eigenvalue weighted by Crippen LogP contribution is 2.36. The smallest absolute Gasteiger partial charge is 0.280 e. The number of phenolic OH excluding ortho intramolecular Hbond substituents is 1. The number of hydrogen-bond acceptors (Lipinski definition) is 5. The third kappa shape index (κ3) is 2.50. The van der Waals surface area contributed by atoms with Gasteiger partial charge in [0, 0.05) is 19.7 Å². The molecule has 6 heteroatoms. The molecule has 6 nitrogen and oxygen atoms in total. The molecule has 3 rings (SSSR count). The first kappa shape index (κ1) is 13.6. The monoisotopic (exact) mass is 288 g/mol. The van der Waals surface area contributed by atoms with Crippen LogP contribution in [0.3, 0.4) is 0 Å². The van der Waals surface area contributed by atoms with Crippen molar-refractivity contribution < 1.29 is 19.2 Å². The van der Waals surface area contributed by atoms with E-state index in [1.807, 2.05) is 6.07 Å². The van der Waals surface area contributed by atoms with Crippen LogP contribution in [0.1, 0.15) is 28.2 Å².